The Morgan fingerprint density at radius 1 is 1.12 bits per heavy atom. The molecule has 0 bridgehead atoms. The number of ether oxygens (including phenoxy) is 1. The van der Waals surface area contributed by atoms with Crippen LogP contribution < -0.4 is 5.46 Å². The minimum atomic E-state index is -0.893. The average molecular weight is 367 g/mol. The van der Waals surface area contributed by atoms with Crippen LogP contribution in [-0.2, 0) is 18.8 Å². The maximum absolute atomic E-state index is 12.3. The zero-order valence-corrected chi connectivity index (χ0v) is 16.3. The van der Waals surface area contributed by atoms with Gasteiger partial charge in [-0.1, -0.05) is 31.5 Å². The van der Waals surface area contributed by atoms with Crippen molar-refractivity contribution in [2.45, 2.75) is 52.7 Å². The summed E-state index contributed by atoms with van der Waals surface area (Å²) in [4.78, 5) is 24.2. The van der Waals surface area contributed by atoms with Crippen molar-refractivity contribution in [3.05, 3.63) is 28.8 Å². The normalized spacial score (nSPS) is 18.5. The molecule has 2 rings (SSSR count). The van der Waals surface area contributed by atoms with Gasteiger partial charge in [0, 0.05) is 10.6 Å². The van der Waals surface area contributed by atoms with E-state index in [0.717, 1.165) is 0 Å². The maximum Gasteiger partial charge on any atom is 0.494 e. The summed E-state index contributed by atoms with van der Waals surface area (Å²) in [6.07, 6.45) is 0. The van der Waals surface area contributed by atoms with Crippen LogP contribution in [0.2, 0.25) is 5.02 Å². The van der Waals surface area contributed by atoms with Gasteiger partial charge < -0.3 is 14.0 Å². The summed E-state index contributed by atoms with van der Waals surface area (Å²) in [5.74, 6) is -1.48. The molecule has 1 aliphatic heterocycles. The van der Waals surface area contributed by atoms with Crippen LogP contribution in [0.15, 0.2) is 18.2 Å². The summed E-state index contributed by atoms with van der Waals surface area (Å²) in [6, 6.07) is 4.67. The van der Waals surface area contributed by atoms with Crippen LogP contribution in [-0.4, -0.2) is 36.7 Å². The molecule has 1 saturated heterocycles. The predicted molar refractivity (Wildman–Crippen MR) is 97.3 cm³/mol. The molecule has 0 radical (unpaired) electrons. The molecule has 1 heterocycles. The number of hydrogen-bond donors (Lipinski definition) is 0. The molecule has 0 saturated carbocycles. The van der Waals surface area contributed by atoms with Crippen molar-refractivity contribution >= 4 is 35.9 Å². The minimum Gasteiger partial charge on any atom is -0.459 e. The number of carbonyl (C=O) groups excluding carboxylic acids is 2. The standard InChI is InChI=1S/C18H24BClO5/c1-11(2)10-23-16(22)15(21)12-7-13(9-14(20)8-12)19-24-17(3,4)18(5,6)25-19/h7-9,11H,10H2,1-6H3. The summed E-state index contributed by atoms with van der Waals surface area (Å²) in [6.45, 7) is 11.7. The molecule has 0 unspecified atom stereocenters. The van der Waals surface area contributed by atoms with Crippen molar-refractivity contribution in [1.82, 2.24) is 0 Å². The third-order valence-electron chi connectivity index (χ3n) is 4.44. The fraction of sp³-hybridized carbons (Fsp3) is 0.556. The Morgan fingerprint density at radius 2 is 1.68 bits per heavy atom. The van der Waals surface area contributed by atoms with Crippen molar-refractivity contribution in [2.24, 2.45) is 5.92 Å². The van der Waals surface area contributed by atoms with Gasteiger partial charge in [0.2, 0.25) is 0 Å². The summed E-state index contributed by atoms with van der Waals surface area (Å²) in [5.41, 5.74) is -0.280. The van der Waals surface area contributed by atoms with E-state index in [1.165, 1.54) is 6.07 Å². The van der Waals surface area contributed by atoms with E-state index in [4.69, 9.17) is 25.6 Å². The van der Waals surface area contributed by atoms with Crippen molar-refractivity contribution in [2.75, 3.05) is 6.61 Å². The van der Waals surface area contributed by atoms with Crippen LogP contribution in [0.5, 0.6) is 0 Å². The first-order valence-electron chi connectivity index (χ1n) is 8.30. The highest BCUT2D eigenvalue weighted by Crippen LogP contribution is 2.36. The summed E-state index contributed by atoms with van der Waals surface area (Å²) in [5, 5.41) is 0.326. The number of esters is 1. The van der Waals surface area contributed by atoms with Crippen LogP contribution in [0.3, 0.4) is 0 Å². The van der Waals surface area contributed by atoms with Crippen LogP contribution in [0.4, 0.5) is 0 Å². The molecule has 1 aliphatic rings. The van der Waals surface area contributed by atoms with Crippen molar-refractivity contribution < 1.29 is 23.6 Å². The highest BCUT2D eigenvalue weighted by molar-refractivity contribution is 6.62. The molecule has 0 aromatic heterocycles. The molecule has 0 aliphatic carbocycles. The zero-order chi connectivity index (χ0) is 19.0. The summed E-state index contributed by atoms with van der Waals surface area (Å²) >= 11 is 6.13. The number of Topliss-reactive ketones (excluding diaryl/α,β-unsaturated/α-hetero) is 1. The first-order valence-corrected chi connectivity index (χ1v) is 8.68. The predicted octanol–water partition coefficient (Wildman–Crippen LogP) is 3.02. The Morgan fingerprint density at radius 3 is 2.20 bits per heavy atom. The Balaban J connectivity index is 2.24. The largest absolute Gasteiger partial charge is 0.494 e. The van der Waals surface area contributed by atoms with Gasteiger partial charge in [-0.15, -0.1) is 0 Å². The quantitative estimate of drug-likeness (QED) is 0.347. The third-order valence-corrected chi connectivity index (χ3v) is 4.66. The molecule has 0 amide bonds. The smallest absolute Gasteiger partial charge is 0.459 e. The van der Waals surface area contributed by atoms with Crippen LogP contribution >= 0.6 is 11.6 Å². The number of rotatable bonds is 5. The van der Waals surface area contributed by atoms with Gasteiger partial charge in [0.05, 0.1) is 17.8 Å². The van der Waals surface area contributed by atoms with Gasteiger partial charge in [0.15, 0.2) is 0 Å². The van der Waals surface area contributed by atoms with E-state index in [1.807, 2.05) is 41.5 Å². The van der Waals surface area contributed by atoms with Gasteiger partial charge in [-0.3, -0.25) is 4.79 Å². The monoisotopic (exact) mass is 366 g/mol. The van der Waals surface area contributed by atoms with E-state index in [9.17, 15) is 9.59 Å². The summed E-state index contributed by atoms with van der Waals surface area (Å²) in [7, 11) is -0.665. The lowest BCUT2D eigenvalue weighted by atomic mass is 9.78. The van der Waals surface area contributed by atoms with E-state index in [2.05, 4.69) is 0 Å². The third kappa shape index (κ3) is 4.43. The Bertz CT molecular complexity index is 668. The second kappa shape index (κ2) is 7.10. The number of halogens is 1. The molecule has 0 spiro atoms. The Labute approximate surface area is 154 Å². The van der Waals surface area contributed by atoms with Gasteiger partial charge >= 0.3 is 13.1 Å². The molecule has 7 heteroatoms. The van der Waals surface area contributed by atoms with E-state index in [0.29, 0.717) is 10.5 Å². The molecule has 25 heavy (non-hydrogen) atoms. The molecule has 1 aromatic rings. The molecule has 0 atom stereocenters. The second-order valence-corrected chi connectivity index (χ2v) is 8.12. The molecular formula is C18H24BClO5. The molecule has 1 aromatic carbocycles. The first kappa shape index (κ1) is 20.0. The number of hydrogen-bond acceptors (Lipinski definition) is 5. The average Bonchev–Trinajstić information content (AvgIpc) is 2.71. The lowest BCUT2D eigenvalue weighted by Crippen LogP contribution is -2.41. The van der Waals surface area contributed by atoms with Crippen LogP contribution in [0.25, 0.3) is 0 Å². The molecule has 0 N–H and O–H groups in total. The van der Waals surface area contributed by atoms with E-state index < -0.39 is 30.1 Å². The van der Waals surface area contributed by atoms with E-state index >= 15 is 0 Å². The molecule has 136 valence electrons. The van der Waals surface area contributed by atoms with Crippen molar-refractivity contribution in [1.29, 1.82) is 0 Å². The summed E-state index contributed by atoms with van der Waals surface area (Å²) < 4.78 is 16.9. The minimum absolute atomic E-state index is 0.149. The number of benzene rings is 1. The second-order valence-electron chi connectivity index (χ2n) is 7.68. The van der Waals surface area contributed by atoms with Gasteiger partial charge in [-0.25, -0.2) is 4.79 Å². The number of ketones is 1. The lowest BCUT2D eigenvalue weighted by Gasteiger charge is -2.32. The van der Waals surface area contributed by atoms with E-state index in [-0.39, 0.29) is 18.1 Å². The lowest BCUT2D eigenvalue weighted by molar-refractivity contribution is -0.139. The highest BCUT2D eigenvalue weighted by atomic mass is 35.5. The highest BCUT2D eigenvalue weighted by Gasteiger charge is 2.51. The Hall–Kier alpha value is -1.37. The Kier molecular flexibility index (Phi) is 5.67. The van der Waals surface area contributed by atoms with Gasteiger partial charge in [-0.05, 0) is 51.2 Å². The van der Waals surface area contributed by atoms with Crippen LogP contribution in [0.1, 0.15) is 51.9 Å². The topological polar surface area (TPSA) is 61.8 Å². The van der Waals surface area contributed by atoms with Gasteiger partial charge in [0.25, 0.3) is 5.78 Å². The van der Waals surface area contributed by atoms with Gasteiger partial charge in [0.1, 0.15) is 0 Å². The fourth-order valence-electron chi connectivity index (χ4n) is 2.28. The van der Waals surface area contributed by atoms with Crippen molar-refractivity contribution in [3.63, 3.8) is 0 Å². The molecule has 5 nitrogen and oxygen atoms in total. The van der Waals surface area contributed by atoms with Gasteiger partial charge in [-0.2, -0.15) is 0 Å². The number of carbonyl (C=O) groups is 2. The maximum atomic E-state index is 12.3. The SMILES string of the molecule is CC(C)COC(=O)C(=O)c1cc(Cl)cc(B2OC(C)(C)C(C)(C)O2)c1. The fourth-order valence-corrected chi connectivity index (χ4v) is 2.53. The zero-order valence-electron chi connectivity index (χ0n) is 15.5. The van der Waals surface area contributed by atoms with Crippen molar-refractivity contribution in [3.8, 4) is 0 Å². The molecular weight excluding hydrogens is 342 g/mol. The molecule has 1 fully saturated rings. The van der Waals surface area contributed by atoms with Crippen LogP contribution in [0, 0.1) is 5.92 Å². The van der Waals surface area contributed by atoms with E-state index in [1.54, 1.807) is 12.1 Å². The first-order chi connectivity index (χ1) is 11.4.